The average molecular weight is 415 g/mol. The molecule has 0 amide bonds. The highest BCUT2D eigenvalue weighted by molar-refractivity contribution is 6.09. The number of carboxylic acids is 1. The third-order valence-corrected chi connectivity index (χ3v) is 5.44. The van der Waals surface area contributed by atoms with Crippen LogP contribution in [0.3, 0.4) is 0 Å². The Kier molecular flexibility index (Phi) is 6.21. The summed E-state index contributed by atoms with van der Waals surface area (Å²) in [6.07, 6.45) is 6.92. The Morgan fingerprint density at radius 2 is 1.94 bits per heavy atom. The average Bonchev–Trinajstić information content (AvgIpc) is 2.79. The van der Waals surface area contributed by atoms with Crippen LogP contribution in [0.15, 0.2) is 65.9 Å². The van der Waals surface area contributed by atoms with Gasteiger partial charge in [0.2, 0.25) is 0 Å². The molecule has 0 unspecified atom stereocenters. The molecule has 3 N–H and O–H groups in total. The van der Waals surface area contributed by atoms with E-state index in [4.69, 9.17) is 15.8 Å². The van der Waals surface area contributed by atoms with Crippen LogP contribution in [0.2, 0.25) is 0 Å². The lowest BCUT2D eigenvalue weighted by Crippen LogP contribution is -2.35. The maximum atomic E-state index is 11.0. The topological polar surface area (TPSA) is 105 Å². The van der Waals surface area contributed by atoms with Crippen LogP contribution < -0.4 is 10.6 Å². The molecule has 1 aromatic heterocycles. The third-order valence-electron chi connectivity index (χ3n) is 5.44. The van der Waals surface area contributed by atoms with Gasteiger partial charge >= 0.3 is 5.97 Å². The second-order valence-electron chi connectivity index (χ2n) is 7.60. The number of aromatic nitrogens is 2. The Morgan fingerprint density at radius 3 is 2.68 bits per heavy atom. The fourth-order valence-corrected chi connectivity index (χ4v) is 3.79. The van der Waals surface area contributed by atoms with Gasteiger partial charge in [0.15, 0.2) is 0 Å². The molecule has 2 aromatic carbocycles. The number of hydrogen-bond donors (Lipinski definition) is 2. The van der Waals surface area contributed by atoms with Crippen molar-refractivity contribution in [3.8, 4) is 0 Å². The molecule has 2 heterocycles. The van der Waals surface area contributed by atoms with Gasteiger partial charge in [-0.25, -0.2) is 4.98 Å². The monoisotopic (exact) mass is 415 g/mol. The number of aliphatic carboxylic acids is 1. The molecule has 0 aliphatic carbocycles. The summed E-state index contributed by atoms with van der Waals surface area (Å²) >= 11 is 0. The van der Waals surface area contributed by atoms with Gasteiger partial charge in [-0.05, 0) is 42.7 Å². The van der Waals surface area contributed by atoms with E-state index in [0.717, 1.165) is 53.8 Å². The number of piperidine rings is 1. The van der Waals surface area contributed by atoms with Crippen molar-refractivity contribution in [2.45, 2.75) is 25.3 Å². The second kappa shape index (κ2) is 9.38. The summed E-state index contributed by atoms with van der Waals surface area (Å²) in [5.41, 5.74) is 10.9. The maximum absolute atomic E-state index is 11.0. The number of aliphatic imine (C=N–C) groups is 1. The summed E-state index contributed by atoms with van der Waals surface area (Å²) in [4.78, 5) is 27.1. The number of nitrogens with two attached hydrogens (primary N) is 1. The van der Waals surface area contributed by atoms with E-state index in [2.05, 4.69) is 14.9 Å². The number of allylic oxidation sites excluding steroid dienone is 1. The van der Waals surface area contributed by atoms with Crippen LogP contribution in [0, 0.1) is 0 Å². The smallest absolute Gasteiger partial charge is 0.307 e. The lowest BCUT2D eigenvalue weighted by molar-refractivity contribution is -0.136. The second-order valence-corrected chi connectivity index (χ2v) is 7.60. The van der Waals surface area contributed by atoms with Crippen molar-refractivity contribution in [2.75, 3.05) is 18.0 Å². The molecule has 158 valence electrons. The molecule has 0 spiro atoms. The summed E-state index contributed by atoms with van der Waals surface area (Å²) in [7, 11) is 0. The van der Waals surface area contributed by atoms with E-state index in [1.165, 1.54) is 6.20 Å². The van der Waals surface area contributed by atoms with Gasteiger partial charge in [-0.3, -0.25) is 14.8 Å². The van der Waals surface area contributed by atoms with Crippen LogP contribution in [0.25, 0.3) is 16.6 Å². The van der Waals surface area contributed by atoms with Gasteiger partial charge in [-0.1, -0.05) is 24.3 Å². The molecule has 1 aliphatic heterocycles. The quantitative estimate of drug-likeness (QED) is 0.599. The van der Waals surface area contributed by atoms with Crippen molar-refractivity contribution < 1.29 is 9.90 Å². The number of anilines is 1. The molecule has 31 heavy (non-hydrogen) atoms. The van der Waals surface area contributed by atoms with E-state index < -0.39 is 5.97 Å². The van der Waals surface area contributed by atoms with Crippen LogP contribution in [-0.4, -0.2) is 46.4 Å². The highest BCUT2D eigenvalue weighted by Crippen LogP contribution is 2.23. The van der Waals surface area contributed by atoms with Crippen molar-refractivity contribution in [1.82, 2.24) is 9.97 Å². The van der Waals surface area contributed by atoms with Crippen LogP contribution in [-0.2, 0) is 11.2 Å². The summed E-state index contributed by atoms with van der Waals surface area (Å²) in [6, 6.07) is 15.7. The van der Waals surface area contributed by atoms with Crippen LogP contribution >= 0.6 is 0 Å². The van der Waals surface area contributed by atoms with Crippen LogP contribution in [0.1, 0.15) is 24.1 Å². The zero-order valence-electron chi connectivity index (χ0n) is 17.2. The highest BCUT2D eigenvalue weighted by atomic mass is 16.4. The number of benzene rings is 2. The molecular weight excluding hydrogens is 390 g/mol. The summed E-state index contributed by atoms with van der Waals surface area (Å²) in [6.45, 7) is 1.74. The predicted octanol–water partition coefficient (Wildman–Crippen LogP) is 3.30. The molecule has 0 bridgehead atoms. The third kappa shape index (κ3) is 5.06. The fourth-order valence-electron chi connectivity index (χ4n) is 3.79. The van der Waals surface area contributed by atoms with Gasteiger partial charge in [-0.15, -0.1) is 0 Å². The summed E-state index contributed by atoms with van der Waals surface area (Å²) in [5, 5.41) is 9.01. The van der Waals surface area contributed by atoms with Crippen molar-refractivity contribution in [3.05, 3.63) is 72.2 Å². The van der Waals surface area contributed by atoms with Gasteiger partial charge in [-0.2, -0.15) is 0 Å². The number of carbonyl (C=O) groups is 1. The van der Waals surface area contributed by atoms with E-state index in [9.17, 15) is 4.79 Å². The van der Waals surface area contributed by atoms with Crippen molar-refractivity contribution in [2.24, 2.45) is 10.7 Å². The predicted molar refractivity (Wildman–Crippen MR) is 123 cm³/mol. The molecule has 3 aromatic rings. The van der Waals surface area contributed by atoms with E-state index in [0.29, 0.717) is 5.69 Å². The number of rotatable bonds is 6. The first-order valence-electron chi connectivity index (χ1n) is 10.4. The Bertz CT molecular complexity index is 1130. The van der Waals surface area contributed by atoms with Crippen molar-refractivity contribution in [1.29, 1.82) is 0 Å². The Labute approximate surface area is 181 Å². The van der Waals surface area contributed by atoms with Gasteiger partial charge in [0.1, 0.15) is 0 Å². The summed E-state index contributed by atoms with van der Waals surface area (Å²) in [5.74, 6) is -0.815. The van der Waals surface area contributed by atoms with Crippen molar-refractivity contribution in [3.63, 3.8) is 0 Å². The lowest BCUT2D eigenvalue weighted by Gasteiger charge is -2.32. The van der Waals surface area contributed by atoms with E-state index in [-0.39, 0.29) is 12.5 Å². The van der Waals surface area contributed by atoms with Crippen LogP contribution in [0.5, 0.6) is 0 Å². The molecule has 7 nitrogen and oxygen atoms in total. The number of hydrogen-bond acceptors (Lipinski definition) is 6. The zero-order valence-corrected chi connectivity index (χ0v) is 17.2. The Morgan fingerprint density at radius 1 is 1.16 bits per heavy atom. The molecule has 0 atom stereocenters. The fraction of sp³-hybridized carbons (Fsp3) is 0.250. The first-order valence-corrected chi connectivity index (χ1v) is 10.4. The highest BCUT2D eigenvalue weighted by Gasteiger charge is 2.19. The normalized spacial score (nSPS) is 15.6. The van der Waals surface area contributed by atoms with Gasteiger partial charge in [0.05, 0.1) is 35.4 Å². The largest absolute Gasteiger partial charge is 0.481 e. The SMILES string of the molecule is NC=C(C=NC1CCN(c2cccc(CC(=O)O)c2)CC1)c1cnc2ccccc2n1. The molecular formula is C24H25N5O2. The van der Waals surface area contributed by atoms with Crippen molar-refractivity contribution >= 4 is 34.5 Å². The molecule has 1 fully saturated rings. The number of para-hydroxylation sites is 2. The van der Waals surface area contributed by atoms with Crippen LogP contribution in [0.4, 0.5) is 5.69 Å². The Hall–Kier alpha value is -3.74. The van der Waals surface area contributed by atoms with E-state index in [1.54, 1.807) is 12.4 Å². The number of fused-ring (bicyclic) bond motifs is 1. The van der Waals surface area contributed by atoms with Gasteiger partial charge in [0.25, 0.3) is 0 Å². The Balaban J connectivity index is 1.39. The minimum atomic E-state index is -0.815. The maximum Gasteiger partial charge on any atom is 0.307 e. The first kappa shape index (κ1) is 20.5. The molecule has 1 saturated heterocycles. The lowest BCUT2D eigenvalue weighted by atomic mass is 10.0. The van der Waals surface area contributed by atoms with E-state index in [1.807, 2.05) is 48.5 Å². The molecule has 0 radical (unpaired) electrons. The van der Waals surface area contributed by atoms with Gasteiger partial charge in [0, 0.05) is 36.8 Å². The number of carboxylic acid groups (broad SMARTS) is 1. The molecule has 0 saturated carbocycles. The summed E-state index contributed by atoms with van der Waals surface area (Å²) < 4.78 is 0. The standard InChI is InChI=1S/C24H25N5O2/c25-14-18(23-16-27-21-6-1-2-7-22(21)28-23)15-26-19-8-10-29(11-9-19)20-5-3-4-17(12-20)13-24(30)31/h1-7,12,14-16,19H,8-11,13,25H2,(H,30,31). The molecule has 4 rings (SSSR count). The zero-order chi connectivity index (χ0) is 21.6. The minimum absolute atomic E-state index is 0.0421. The molecule has 1 aliphatic rings. The number of nitrogens with zero attached hydrogens (tertiary/aromatic N) is 4. The molecule has 7 heteroatoms. The van der Waals surface area contributed by atoms with E-state index >= 15 is 0 Å². The first-order chi connectivity index (χ1) is 15.1. The minimum Gasteiger partial charge on any atom is -0.481 e. The van der Waals surface area contributed by atoms with Gasteiger partial charge < -0.3 is 15.7 Å².